The largest absolute Gasteiger partial charge is 0.330 e. The Labute approximate surface area is 104 Å². The summed E-state index contributed by atoms with van der Waals surface area (Å²) in [4.78, 5) is 0. The van der Waals surface area contributed by atoms with Gasteiger partial charge in [0.1, 0.15) is 0 Å². The summed E-state index contributed by atoms with van der Waals surface area (Å²) >= 11 is 0. The fourth-order valence-corrected chi connectivity index (χ4v) is 3.11. The molecule has 2 rings (SSSR count). The molecule has 17 heavy (non-hydrogen) atoms. The number of rotatable bonds is 4. The second kappa shape index (κ2) is 6.20. The van der Waals surface area contributed by atoms with Gasteiger partial charge in [0.05, 0.1) is 0 Å². The molecule has 2 atom stereocenters. The number of nitrogens with zero attached hydrogens (tertiary/aromatic N) is 2. The predicted octanol–water partition coefficient (Wildman–Crippen LogP) is 2.92. The molecular formula is C14H25N3. The van der Waals surface area contributed by atoms with Crippen LogP contribution in [0.4, 0.5) is 0 Å². The van der Waals surface area contributed by atoms with Crippen molar-refractivity contribution < 1.29 is 0 Å². The molecule has 0 bridgehead atoms. The Morgan fingerprint density at radius 3 is 2.94 bits per heavy atom. The summed E-state index contributed by atoms with van der Waals surface area (Å²) in [6.07, 6.45) is 9.74. The standard InChI is InChI=1S/C14H25N3/c1-2-10-17-14(8-9-16-17)13-7-5-3-4-6-12(13)11-15/h8-9,12-13H,2-7,10-11,15H2,1H3. The van der Waals surface area contributed by atoms with Gasteiger partial charge < -0.3 is 5.73 Å². The summed E-state index contributed by atoms with van der Waals surface area (Å²) in [5.74, 6) is 1.29. The lowest BCUT2D eigenvalue weighted by Crippen LogP contribution is -2.23. The predicted molar refractivity (Wildman–Crippen MR) is 70.9 cm³/mol. The molecule has 0 aromatic carbocycles. The molecule has 0 saturated heterocycles. The van der Waals surface area contributed by atoms with E-state index in [0.29, 0.717) is 11.8 Å². The van der Waals surface area contributed by atoms with Crippen LogP contribution in [0.5, 0.6) is 0 Å². The Morgan fingerprint density at radius 1 is 1.35 bits per heavy atom. The monoisotopic (exact) mass is 235 g/mol. The van der Waals surface area contributed by atoms with Gasteiger partial charge in [0.15, 0.2) is 0 Å². The first-order valence-electron chi connectivity index (χ1n) is 7.08. The highest BCUT2D eigenvalue weighted by molar-refractivity contribution is 5.10. The van der Waals surface area contributed by atoms with Crippen LogP contribution in [0.3, 0.4) is 0 Å². The first kappa shape index (κ1) is 12.6. The van der Waals surface area contributed by atoms with Crippen LogP contribution >= 0.6 is 0 Å². The van der Waals surface area contributed by atoms with E-state index in [9.17, 15) is 0 Å². The number of aromatic nitrogens is 2. The van der Waals surface area contributed by atoms with Crippen molar-refractivity contribution in [2.75, 3.05) is 6.54 Å². The van der Waals surface area contributed by atoms with Crippen molar-refractivity contribution in [3.8, 4) is 0 Å². The average Bonchev–Trinajstić information content (AvgIpc) is 2.66. The van der Waals surface area contributed by atoms with E-state index in [1.54, 1.807) is 0 Å². The van der Waals surface area contributed by atoms with E-state index < -0.39 is 0 Å². The van der Waals surface area contributed by atoms with Crippen molar-refractivity contribution >= 4 is 0 Å². The molecule has 0 radical (unpaired) electrons. The number of aryl methyl sites for hydroxylation is 1. The maximum atomic E-state index is 5.96. The zero-order chi connectivity index (χ0) is 12.1. The Kier molecular flexibility index (Phi) is 4.60. The Hall–Kier alpha value is -0.830. The van der Waals surface area contributed by atoms with Crippen LogP contribution < -0.4 is 5.73 Å². The molecule has 1 saturated carbocycles. The molecule has 2 N–H and O–H groups in total. The van der Waals surface area contributed by atoms with E-state index in [1.165, 1.54) is 37.8 Å². The third-order valence-corrected chi connectivity index (χ3v) is 4.03. The van der Waals surface area contributed by atoms with Crippen molar-refractivity contribution in [2.45, 2.75) is 57.9 Å². The third kappa shape index (κ3) is 2.89. The van der Waals surface area contributed by atoms with Crippen molar-refractivity contribution in [1.29, 1.82) is 0 Å². The summed E-state index contributed by atoms with van der Waals surface area (Å²) in [7, 11) is 0. The molecule has 3 nitrogen and oxygen atoms in total. The summed E-state index contributed by atoms with van der Waals surface area (Å²) in [6.45, 7) is 4.07. The smallest absolute Gasteiger partial charge is 0.0492 e. The third-order valence-electron chi connectivity index (χ3n) is 4.03. The van der Waals surface area contributed by atoms with Gasteiger partial charge in [0.2, 0.25) is 0 Å². The van der Waals surface area contributed by atoms with Gasteiger partial charge in [-0.1, -0.05) is 26.2 Å². The summed E-state index contributed by atoms with van der Waals surface area (Å²) < 4.78 is 2.19. The fraction of sp³-hybridized carbons (Fsp3) is 0.786. The number of nitrogens with two attached hydrogens (primary N) is 1. The molecule has 1 aromatic rings. The minimum absolute atomic E-state index is 0.636. The highest BCUT2D eigenvalue weighted by Gasteiger charge is 2.26. The second-order valence-corrected chi connectivity index (χ2v) is 5.22. The van der Waals surface area contributed by atoms with Crippen LogP contribution in [0.1, 0.15) is 57.1 Å². The zero-order valence-corrected chi connectivity index (χ0v) is 10.9. The van der Waals surface area contributed by atoms with Gasteiger partial charge in [-0.2, -0.15) is 5.10 Å². The lowest BCUT2D eigenvalue weighted by atomic mass is 9.85. The maximum Gasteiger partial charge on any atom is 0.0492 e. The minimum atomic E-state index is 0.636. The van der Waals surface area contributed by atoms with Crippen LogP contribution in [0.2, 0.25) is 0 Å². The van der Waals surface area contributed by atoms with Crippen LogP contribution in [0, 0.1) is 5.92 Å². The first-order chi connectivity index (χ1) is 8.36. The van der Waals surface area contributed by atoms with E-state index in [0.717, 1.165) is 19.5 Å². The van der Waals surface area contributed by atoms with E-state index in [1.807, 2.05) is 6.20 Å². The van der Waals surface area contributed by atoms with Crippen LogP contribution in [-0.4, -0.2) is 16.3 Å². The van der Waals surface area contributed by atoms with Crippen molar-refractivity contribution in [2.24, 2.45) is 11.7 Å². The summed E-state index contributed by atoms with van der Waals surface area (Å²) in [5.41, 5.74) is 7.38. The molecule has 3 heteroatoms. The Morgan fingerprint density at radius 2 is 2.18 bits per heavy atom. The van der Waals surface area contributed by atoms with Gasteiger partial charge in [0.25, 0.3) is 0 Å². The molecule has 96 valence electrons. The lowest BCUT2D eigenvalue weighted by Gasteiger charge is -2.24. The highest BCUT2D eigenvalue weighted by atomic mass is 15.3. The van der Waals surface area contributed by atoms with Gasteiger partial charge in [-0.25, -0.2) is 0 Å². The summed E-state index contributed by atoms with van der Waals surface area (Å²) in [6, 6.07) is 2.20. The van der Waals surface area contributed by atoms with Crippen molar-refractivity contribution in [1.82, 2.24) is 9.78 Å². The van der Waals surface area contributed by atoms with Gasteiger partial charge in [-0.3, -0.25) is 4.68 Å². The van der Waals surface area contributed by atoms with Crippen molar-refractivity contribution in [3.63, 3.8) is 0 Å². The van der Waals surface area contributed by atoms with Gasteiger partial charge in [-0.05, 0) is 37.8 Å². The molecule has 0 aliphatic heterocycles. The average molecular weight is 235 g/mol. The Bertz CT molecular complexity index is 332. The van der Waals surface area contributed by atoms with E-state index in [4.69, 9.17) is 5.73 Å². The molecule has 1 aromatic heterocycles. The molecule has 1 heterocycles. The fourth-order valence-electron chi connectivity index (χ4n) is 3.11. The normalized spacial score (nSPS) is 25.8. The Balaban J connectivity index is 2.19. The lowest BCUT2D eigenvalue weighted by molar-refractivity contribution is 0.382. The van der Waals surface area contributed by atoms with Crippen molar-refractivity contribution in [3.05, 3.63) is 18.0 Å². The topological polar surface area (TPSA) is 43.8 Å². The van der Waals surface area contributed by atoms with Gasteiger partial charge >= 0.3 is 0 Å². The summed E-state index contributed by atoms with van der Waals surface area (Å²) in [5, 5.41) is 4.46. The molecule has 2 unspecified atom stereocenters. The SMILES string of the molecule is CCCn1nccc1C1CCCCCC1CN. The van der Waals surface area contributed by atoms with Gasteiger partial charge in [-0.15, -0.1) is 0 Å². The van der Waals surface area contributed by atoms with Crippen LogP contribution in [-0.2, 0) is 6.54 Å². The first-order valence-corrected chi connectivity index (χ1v) is 7.08. The van der Waals surface area contributed by atoms with E-state index in [2.05, 4.69) is 22.8 Å². The molecule has 1 aliphatic rings. The van der Waals surface area contributed by atoms with Crippen LogP contribution in [0.15, 0.2) is 12.3 Å². The van der Waals surface area contributed by atoms with Crippen LogP contribution in [0.25, 0.3) is 0 Å². The second-order valence-electron chi connectivity index (χ2n) is 5.22. The number of hydrogen-bond acceptors (Lipinski definition) is 2. The maximum absolute atomic E-state index is 5.96. The molecular weight excluding hydrogens is 210 g/mol. The van der Waals surface area contributed by atoms with Gasteiger partial charge in [0, 0.05) is 24.4 Å². The molecule has 1 fully saturated rings. The van der Waals surface area contributed by atoms with E-state index in [-0.39, 0.29) is 0 Å². The highest BCUT2D eigenvalue weighted by Crippen LogP contribution is 2.35. The van der Waals surface area contributed by atoms with E-state index >= 15 is 0 Å². The molecule has 0 amide bonds. The molecule has 0 spiro atoms. The number of hydrogen-bond donors (Lipinski definition) is 1. The minimum Gasteiger partial charge on any atom is -0.330 e. The zero-order valence-electron chi connectivity index (χ0n) is 10.9. The molecule has 1 aliphatic carbocycles. The quantitative estimate of drug-likeness (QED) is 0.815.